The monoisotopic (exact) mass is 454 g/mol. The Bertz CT molecular complexity index is 369. The van der Waals surface area contributed by atoms with Gasteiger partial charge in [-0.15, -0.1) is 0 Å². The van der Waals surface area contributed by atoms with Gasteiger partial charge in [0.25, 0.3) is 0 Å². The summed E-state index contributed by atoms with van der Waals surface area (Å²) >= 11 is 0. The molecule has 3 nitrogen and oxygen atoms in total. The maximum absolute atomic E-state index is 11.8. The van der Waals surface area contributed by atoms with E-state index in [0.717, 1.165) is 32.1 Å². The molecule has 1 N–H and O–H groups in total. The van der Waals surface area contributed by atoms with Crippen LogP contribution in [0.4, 0.5) is 0 Å². The van der Waals surface area contributed by atoms with Gasteiger partial charge in [0.2, 0.25) is 0 Å². The SMILES string of the molecule is CCCCCCCCCCCOC(=O)CCCCCCCCCCC(O)CCCCCC. The average Bonchev–Trinajstić information content (AvgIpc) is 2.79. The summed E-state index contributed by atoms with van der Waals surface area (Å²) in [6.45, 7) is 5.10. The van der Waals surface area contributed by atoms with Crippen LogP contribution >= 0.6 is 0 Å². The number of hydrogen-bond acceptors (Lipinski definition) is 3. The Hall–Kier alpha value is -0.570. The quantitative estimate of drug-likeness (QED) is 0.105. The molecule has 0 radical (unpaired) electrons. The summed E-state index contributed by atoms with van der Waals surface area (Å²) < 4.78 is 5.37. The maximum atomic E-state index is 11.8. The minimum absolute atomic E-state index is 0.00202. The Morgan fingerprint density at radius 3 is 1.44 bits per heavy atom. The van der Waals surface area contributed by atoms with Gasteiger partial charge in [-0.1, -0.05) is 136 Å². The zero-order valence-electron chi connectivity index (χ0n) is 22.0. The summed E-state index contributed by atoms with van der Waals surface area (Å²) in [5.41, 5.74) is 0. The van der Waals surface area contributed by atoms with Gasteiger partial charge in [-0.05, 0) is 25.7 Å². The molecule has 0 spiro atoms. The van der Waals surface area contributed by atoms with Crippen LogP contribution < -0.4 is 0 Å². The van der Waals surface area contributed by atoms with Gasteiger partial charge in [0.1, 0.15) is 0 Å². The molecule has 0 rings (SSSR count). The van der Waals surface area contributed by atoms with E-state index in [-0.39, 0.29) is 12.1 Å². The number of aliphatic hydroxyl groups is 1. The van der Waals surface area contributed by atoms with E-state index in [1.807, 2.05) is 0 Å². The third-order valence-corrected chi connectivity index (χ3v) is 6.57. The number of carbonyl (C=O) groups excluding carboxylic acids is 1. The molecule has 0 bridgehead atoms. The molecule has 1 unspecified atom stereocenters. The molecule has 0 aliphatic rings. The zero-order chi connectivity index (χ0) is 23.5. The summed E-state index contributed by atoms with van der Waals surface area (Å²) in [6, 6.07) is 0. The van der Waals surface area contributed by atoms with Crippen LogP contribution in [-0.4, -0.2) is 23.8 Å². The molecule has 192 valence electrons. The molecule has 0 aromatic heterocycles. The highest BCUT2D eigenvalue weighted by molar-refractivity contribution is 5.69. The third kappa shape index (κ3) is 25.7. The Kier molecular flexibility index (Phi) is 26.2. The second kappa shape index (κ2) is 26.7. The molecule has 1 atom stereocenters. The van der Waals surface area contributed by atoms with E-state index in [1.165, 1.54) is 116 Å². The van der Waals surface area contributed by atoms with Crippen molar-refractivity contribution < 1.29 is 14.6 Å². The van der Waals surface area contributed by atoms with Crippen molar-refractivity contribution in [1.29, 1.82) is 0 Å². The fourth-order valence-corrected chi connectivity index (χ4v) is 4.33. The third-order valence-electron chi connectivity index (χ3n) is 6.57. The average molecular weight is 455 g/mol. The van der Waals surface area contributed by atoms with E-state index in [2.05, 4.69) is 13.8 Å². The summed E-state index contributed by atoms with van der Waals surface area (Å²) in [5.74, 6) is -0.00202. The molecule has 0 aliphatic heterocycles. The lowest BCUT2D eigenvalue weighted by Gasteiger charge is -2.10. The molecule has 0 aromatic carbocycles. The van der Waals surface area contributed by atoms with E-state index in [1.54, 1.807) is 0 Å². The van der Waals surface area contributed by atoms with Crippen molar-refractivity contribution >= 4 is 5.97 Å². The summed E-state index contributed by atoms with van der Waals surface area (Å²) in [7, 11) is 0. The van der Waals surface area contributed by atoms with Crippen LogP contribution in [0.25, 0.3) is 0 Å². The summed E-state index contributed by atoms with van der Waals surface area (Å²) in [6.07, 6.45) is 28.7. The van der Waals surface area contributed by atoms with Gasteiger partial charge in [0.05, 0.1) is 12.7 Å². The van der Waals surface area contributed by atoms with Crippen LogP contribution in [0, 0.1) is 0 Å². The van der Waals surface area contributed by atoms with Crippen LogP contribution in [0.1, 0.15) is 168 Å². The number of ether oxygens (including phenoxy) is 1. The van der Waals surface area contributed by atoms with Crippen molar-refractivity contribution in [3.63, 3.8) is 0 Å². The Labute approximate surface area is 201 Å². The van der Waals surface area contributed by atoms with Crippen LogP contribution in [0.3, 0.4) is 0 Å². The van der Waals surface area contributed by atoms with E-state index in [0.29, 0.717) is 13.0 Å². The summed E-state index contributed by atoms with van der Waals surface area (Å²) in [5, 5.41) is 9.99. The lowest BCUT2D eigenvalue weighted by molar-refractivity contribution is -0.143. The van der Waals surface area contributed by atoms with Crippen LogP contribution in [0.2, 0.25) is 0 Å². The topological polar surface area (TPSA) is 46.5 Å². The first kappa shape index (κ1) is 31.4. The highest BCUT2D eigenvalue weighted by atomic mass is 16.5. The van der Waals surface area contributed by atoms with E-state index in [4.69, 9.17) is 4.74 Å². The molecule has 32 heavy (non-hydrogen) atoms. The van der Waals surface area contributed by atoms with Crippen molar-refractivity contribution in [3.8, 4) is 0 Å². The van der Waals surface area contributed by atoms with Crippen molar-refractivity contribution in [1.82, 2.24) is 0 Å². The lowest BCUT2D eigenvalue weighted by Crippen LogP contribution is -2.06. The fraction of sp³-hybridized carbons (Fsp3) is 0.966. The molecule has 0 aliphatic carbocycles. The molecule has 0 amide bonds. The van der Waals surface area contributed by atoms with Crippen molar-refractivity contribution in [2.45, 2.75) is 174 Å². The summed E-state index contributed by atoms with van der Waals surface area (Å²) in [4.78, 5) is 11.8. The first-order chi connectivity index (χ1) is 15.7. The largest absolute Gasteiger partial charge is 0.466 e. The van der Waals surface area contributed by atoms with Crippen LogP contribution in [-0.2, 0) is 9.53 Å². The highest BCUT2D eigenvalue weighted by Gasteiger charge is 2.04. The number of rotatable bonds is 26. The standard InChI is InChI=1S/C29H58O3/c1-3-5-7-9-10-13-16-19-23-27-32-29(31)26-22-18-15-12-11-14-17-21-25-28(30)24-20-8-6-4-2/h28,30H,3-27H2,1-2H3. The van der Waals surface area contributed by atoms with Gasteiger partial charge < -0.3 is 9.84 Å². The van der Waals surface area contributed by atoms with E-state index < -0.39 is 0 Å². The van der Waals surface area contributed by atoms with Gasteiger partial charge in [0, 0.05) is 6.42 Å². The molecule has 0 fully saturated rings. The Morgan fingerprint density at radius 1 is 0.562 bits per heavy atom. The van der Waals surface area contributed by atoms with E-state index >= 15 is 0 Å². The number of esters is 1. The Morgan fingerprint density at radius 2 is 0.938 bits per heavy atom. The second-order valence-electron chi connectivity index (χ2n) is 9.92. The zero-order valence-corrected chi connectivity index (χ0v) is 22.0. The van der Waals surface area contributed by atoms with Gasteiger partial charge >= 0.3 is 5.97 Å². The second-order valence-corrected chi connectivity index (χ2v) is 9.92. The normalized spacial score (nSPS) is 12.2. The maximum Gasteiger partial charge on any atom is 0.305 e. The van der Waals surface area contributed by atoms with E-state index in [9.17, 15) is 9.90 Å². The fourth-order valence-electron chi connectivity index (χ4n) is 4.33. The van der Waals surface area contributed by atoms with Crippen molar-refractivity contribution in [2.24, 2.45) is 0 Å². The first-order valence-electron chi connectivity index (χ1n) is 14.5. The van der Waals surface area contributed by atoms with Crippen LogP contribution in [0.5, 0.6) is 0 Å². The molecular formula is C29H58O3. The molecule has 0 heterocycles. The van der Waals surface area contributed by atoms with Gasteiger partial charge in [-0.3, -0.25) is 4.79 Å². The minimum atomic E-state index is -0.0769. The van der Waals surface area contributed by atoms with Crippen LogP contribution in [0.15, 0.2) is 0 Å². The predicted molar refractivity (Wildman–Crippen MR) is 139 cm³/mol. The van der Waals surface area contributed by atoms with Gasteiger partial charge in [-0.25, -0.2) is 0 Å². The molecule has 0 saturated carbocycles. The minimum Gasteiger partial charge on any atom is -0.466 e. The number of carbonyl (C=O) groups is 1. The van der Waals surface area contributed by atoms with Crippen molar-refractivity contribution in [3.05, 3.63) is 0 Å². The molecule has 0 aromatic rings. The van der Waals surface area contributed by atoms with Gasteiger partial charge in [0.15, 0.2) is 0 Å². The smallest absolute Gasteiger partial charge is 0.305 e. The Balaban J connectivity index is 3.21. The molecular weight excluding hydrogens is 396 g/mol. The highest BCUT2D eigenvalue weighted by Crippen LogP contribution is 2.14. The lowest BCUT2D eigenvalue weighted by atomic mass is 10.0. The first-order valence-corrected chi connectivity index (χ1v) is 14.5. The number of aliphatic hydroxyl groups excluding tert-OH is 1. The molecule has 0 saturated heterocycles. The predicted octanol–water partition coefficient (Wildman–Crippen LogP) is 9.29. The number of hydrogen-bond donors (Lipinski definition) is 1. The molecule has 3 heteroatoms. The number of unbranched alkanes of at least 4 members (excludes halogenated alkanes) is 18. The van der Waals surface area contributed by atoms with Crippen molar-refractivity contribution in [2.75, 3.05) is 6.61 Å². The van der Waals surface area contributed by atoms with Gasteiger partial charge in [-0.2, -0.15) is 0 Å².